The molecule has 1 heterocycles. The number of ether oxygens (including phenoxy) is 1. The largest absolute Gasteiger partial charge is 0.398 e. The molecule has 7 heteroatoms. The monoisotopic (exact) mass is 297 g/mol. The summed E-state index contributed by atoms with van der Waals surface area (Å²) in [5.41, 5.74) is 6.97. The van der Waals surface area contributed by atoms with Crippen molar-refractivity contribution >= 4 is 21.4 Å². The molecule has 2 fully saturated rings. The van der Waals surface area contributed by atoms with Gasteiger partial charge in [0.2, 0.25) is 10.0 Å². The highest BCUT2D eigenvalue weighted by atomic mass is 32.2. The maximum Gasteiger partial charge on any atom is 0.240 e. The third-order valence-electron chi connectivity index (χ3n) is 4.11. The molecule has 0 bridgehead atoms. The summed E-state index contributed by atoms with van der Waals surface area (Å²) >= 11 is 0. The van der Waals surface area contributed by atoms with Gasteiger partial charge in [0.15, 0.2) is 0 Å². The van der Waals surface area contributed by atoms with E-state index in [9.17, 15) is 8.42 Å². The third kappa shape index (κ3) is 2.36. The summed E-state index contributed by atoms with van der Waals surface area (Å²) in [6, 6.07) is 5.32. The standard InChI is InChI=1S/C13H19N3O3S/c14-10-8-9(4-5-13(10)20(15,17)18)16-6-7-19-12-3-1-2-11(12)16/h4-5,8,11-12H,1-3,6-7,14H2,(H2,15,17,18). The molecule has 110 valence electrons. The van der Waals surface area contributed by atoms with Crippen LogP contribution in [0.4, 0.5) is 11.4 Å². The lowest BCUT2D eigenvalue weighted by Crippen LogP contribution is -2.48. The zero-order chi connectivity index (χ0) is 14.3. The smallest absolute Gasteiger partial charge is 0.240 e. The van der Waals surface area contributed by atoms with Gasteiger partial charge in [-0.3, -0.25) is 0 Å². The molecule has 1 saturated carbocycles. The van der Waals surface area contributed by atoms with E-state index in [1.165, 1.54) is 6.07 Å². The number of morpholine rings is 1. The van der Waals surface area contributed by atoms with E-state index in [1.807, 2.05) is 0 Å². The maximum absolute atomic E-state index is 11.4. The molecule has 1 aromatic carbocycles. The normalized spacial score (nSPS) is 26.6. The van der Waals surface area contributed by atoms with E-state index < -0.39 is 10.0 Å². The molecular weight excluding hydrogens is 278 g/mol. The number of nitrogen functional groups attached to an aromatic ring is 1. The molecule has 1 aliphatic heterocycles. The lowest BCUT2D eigenvalue weighted by Gasteiger charge is -2.39. The van der Waals surface area contributed by atoms with Crippen LogP contribution >= 0.6 is 0 Å². The van der Waals surface area contributed by atoms with Crippen LogP contribution in [-0.2, 0) is 14.8 Å². The van der Waals surface area contributed by atoms with Crippen molar-refractivity contribution in [2.24, 2.45) is 5.14 Å². The van der Waals surface area contributed by atoms with Crippen molar-refractivity contribution < 1.29 is 13.2 Å². The van der Waals surface area contributed by atoms with Gasteiger partial charge in [-0.25, -0.2) is 13.6 Å². The summed E-state index contributed by atoms with van der Waals surface area (Å²) in [5, 5.41) is 5.13. The first-order valence-electron chi connectivity index (χ1n) is 6.77. The Morgan fingerprint density at radius 1 is 1.30 bits per heavy atom. The van der Waals surface area contributed by atoms with E-state index in [4.69, 9.17) is 15.6 Å². The predicted octanol–water partition coefficient (Wildman–Crippen LogP) is 0.674. The molecule has 0 amide bonds. The second-order valence-electron chi connectivity index (χ2n) is 5.37. The first-order chi connectivity index (χ1) is 9.47. The summed E-state index contributed by atoms with van der Waals surface area (Å²) in [6.07, 6.45) is 3.63. The van der Waals surface area contributed by atoms with E-state index in [2.05, 4.69) is 4.90 Å². The second kappa shape index (κ2) is 4.91. The highest BCUT2D eigenvalue weighted by Crippen LogP contribution is 2.34. The molecule has 6 nitrogen and oxygen atoms in total. The summed E-state index contributed by atoms with van der Waals surface area (Å²) < 4.78 is 28.5. The lowest BCUT2D eigenvalue weighted by atomic mass is 10.1. The number of hydrogen-bond acceptors (Lipinski definition) is 5. The Morgan fingerprint density at radius 2 is 2.10 bits per heavy atom. The van der Waals surface area contributed by atoms with Crippen LogP contribution in [-0.4, -0.2) is 33.7 Å². The van der Waals surface area contributed by atoms with Gasteiger partial charge >= 0.3 is 0 Å². The summed E-state index contributed by atoms with van der Waals surface area (Å²) in [4.78, 5) is 2.25. The third-order valence-corrected chi connectivity index (χ3v) is 5.10. The first kappa shape index (κ1) is 13.7. The topological polar surface area (TPSA) is 98.6 Å². The number of sulfonamides is 1. The zero-order valence-electron chi connectivity index (χ0n) is 11.2. The highest BCUT2D eigenvalue weighted by Gasteiger charge is 2.36. The molecule has 4 N–H and O–H groups in total. The number of rotatable bonds is 2. The van der Waals surface area contributed by atoms with Crippen molar-refractivity contribution in [2.45, 2.75) is 36.3 Å². The van der Waals surface area contributed by atoms with Crippen LogP contribution in [0.25, 0.3) is 0 Å². The van der Waals surface area contributed by atoms with E-state index in [1.54, 1.807) is 12.1 Å². The second-order valence-corrected chi connectivity index (χ2v) is 6.90. The zero-order valence-corrected chi connectivity index (χ0v) is 12.0. The highest BCUT2D eigenvalue weighted by molar-refractivity contribution is 7.89. The molecule has 1 aromatic rings. The molecule has 2 unspecified atom stereocenters. The molecule has 1 aliphatic carbocycles. The average molecular weight is 297 g/mol. The van der Waals surface area contributed by atoms with Crippen LogP contribution in [0.15, 0.2) is 23.1 Å². The SMILES string of the molecule is Nc1cc(N2CCOC3CCCC32)ccc1S(N)(=O)=O. The van der Waals surface area contributed by atoms with Gasteiger partial charge in [0.1, 0.15) is 4.90 Å². The number of benzene rings is 1. The van der Waals surface area contributed by atoms with Gasteiger partial charge < -0.3 is 15.4 Å². The molecule has 3 rings (SSSR count). The fraction of sp³-hybridized carbons (Fsp3) is 0.538. The molecule has 0 aromatic heterocycles. The summed E-state index contributed by atoms with van der Waals surface area (Å²) in [7, 11) is -3.77. The van der Waals surface area contributed by atoms with Gasteiger partial charge in [0, 0.05) is 12.2 Å². The lowest BCUT2D eigenvalue weighted by molar-refractivity contribution is 0.0256. The molecule has 0 radical (unpaired) electrons. The quantitative estimate of drug-likeness (QED) is 0.782. The Bertz CT molecular complexity index is 617. The van der Waals surface area contributed by atoms with Crippen molar-refractivity contribution in [1.82, 2.24) is 0 Å². The van der Waals surface area contributed by atoms with Crippen LogP contribution in [0.5, 0.6) is 0 Å². The molecule has 1 saturated heterocycles. The number of anilines is 2. The number of nitrogens with two attached hydrogens (primary N) is 2. The minimum absolute atomic E-state index is 0.0162. The Labute approximate surface area is 118 Å². The molecule has 20 heavy (non-hydrogen) atoms. The minimum atomic E-state index is -3.77. The minimum Gasteiger partial charge on any atom is -0.398 e. The Hall–Kier alpha value is -1.31. The Balaban J connectivity index is 1.93. The first-order valence-corrected chi connectivity index (χ1v) is 8.32. The summed E-state index contributed by atoms with van der Waals surface area (Å²) in [6.45, 7) is 1.49. The number of fused-ring (bicyclic) bond motifs is 1. The number of nitrogens with zero attached hydrogens (tertiary/aromatic N) is 1. The van der Waals surface area contributed by atoms with Crippen molar-refractivity contribution in [2.75, 3.05) is 23.8 Å². The molecular formula is C13H19N3O3S. The predicted molar refractivity (Wildman–Crippen MR) is 77.0 cm³/mol. The van der Waals surface area contributed by atoms with Gasteiger partial charge in [-0.05, 0) is 37.5 Å². The van der Waals surface area contributed by atoms with Gasteiger partial charge in [-0.15, -0.1) is 0 Å². The average Bonchev–Trinajstić information content (AvgIpc) is 2.85. The maximum atomic E-state index is 11.4. The van der Waals surface area contributed by atoms with E-state index in [0.29, 0.717) is 12.6 Å². The number of primary sulfonamides is 1. The number of hydrogen-bond donors (Lipinski definition) is 2. The fourth-order valence-corrected chi connectivity index (χ4v) is 3.87. The summed E-state index contributed by atoms with van der Waals surface area (Å²) in [5.74, 6) is 0. The van der Waals surface area contributed by atoms with E-state index >= 15 is 0 Å². The van der Waals surface area contributed by atoms with E-state index in [-0.39, 0.29) is 16.7 Å². The Kier molecular flexibility index (Phi) is 3.35. The fourth-order valence-electron chi connectivity index (χ4n) is 3.22. The van der Waals surface area contributed by atoms with Crippen molar-refractivity contribution in [3.8, 4) is 0 Å². The van der Waals surface area contributed by atoms with Crippen molar-refractivity contribution in [1.29, 1.82) is 0 Å². The molecule has 2 atom stereocenters. The van der Waals surface area contributed by atoms with Crippen LogP contribution in [0.2, 0.25) is 0 Å². The van der Waals surface area contributed by atoms with E-state index in [0.717, 1.165) is 31.5 Å². The van der Waals surface area contributed by atoms with Crippen LogP contribution in [0.3, 0.4) is 0 Å². The van der Waals surface area contributed by atoms with Gasteiger partial charge in [0.05, 0.1) is 24.4 Å². The Morgan fingerprint density at radius 3 is 2.80 bits per heavy atom. The van der Waals surface area contributed by atoms with Crippen LogP contribution in [0.1, 0.15) is 19.3 Å². The van der Waals surface area contributed by atoms with Gasteiger partial charge in [-0.1, -0.05) is 0 Å². The van der Waals surface area contributed by atoms with Crippen LogP contribution in [0, 0.1) is 0 Å². The van der Waals surface area contributed by atoms with Crippen LogP contribution < -0.4 is 15.8 Å². The van der Waals surface area contributed by atoms with Gasteiger partial charge in [0.25, 0.3) is 0 Å². The molecule has 2 aliphatic rings. The molecule has 0 spiro atoms. The van der Waals surface area contributed by atoms with Crippen molar-refractivity contribution in [3.63, 3.8) is 0 Å². The van der Waals surface area contributed by atoms with Crippen molar-refractivity contribution in [3.05, 3.63) is 18.2 Å². The van der Waals surface area contributed by atoms with Gasteiger partial charge in [-0.2, -0.15) is 0 Å².